The van der Waals surface area contributed by atoms with Gasteiger partial charge in [0.05, 0.1) is 6.20 Å². The monoisotopic (exact) mass is 322 g/mol. The summed E-state index contributed by atoms with van der Waals surface area (Å²) in [6.07, 6.45) is 6.69. The Labute approximate surface area is 120 Å². The van der Waals surface area contributed by atoms with Crippen LogP contribution in [0.1, 0.15) is 36.4 Å². The number of carbonyl (C=O) groups excluding carboxylic acids is 1. The number of halogens is 1. The van der Waals surface area contributed by atoms with Crippen LogP contribution in [0.25, 0.3) is 11.5 Å². The molecule has 0 aromatic carbocycles. The van der Waals surface area contributed by atoms with Crippen molar-refractivity contribution in [3.8, 4) is 11.5 Å². The standard InChI is InChI=1S/C14H15BrN2O2/c15-8-4-1-2-7-12(18)14-17-10-13(19-14)11-6-3-5-9-16-11/h3,5-6,9-10H,1-2,4,7-8H2. The average molecular weight is 323 g/mol. The van der Waals surface area contributed by atoms with Gasteiger partial charge in [-0.3, -0.25) is 9.78 Å². The summed E-state index contributed by atoms with van der Waals surface area (Å²) in [5, 5.41) is 0.976. The van der Waals surface area contributed by atoms with Gasteiger partial charge in [0.2, 0.25) is 5.78 Å². The van der Waals surface area contributed by atoms with Crippen LogP contribution in [-0.4, -0.2) is 21.1 Å². The molecule has 2 rings (SSSR count). The van der Waals surface area contributed by atoms with E-state index in [1.807, 2.05) is 18.2 Å². The minimum Gasteiger partial charge on any atom is -0.432 e. The van der Waals surface area contributed by atoms with Crippen LogP contribution in [0.4, 0.5) is 0 Å². The maximum absolute atomic E-state index is 11.9. The molecule has 4 nitrogen and oxygen atoms in total. The molecular weight excluding hydrogens is 308 g/mol. The fraction of sp³-hybridized carbons (Fsp3) is 0.357. The average Bonchev–Trinajstić information content (AvgIpc) is 2.94. The van der Waals surface area contributed by atoms with Crippen LogP contribution in [0, 0.1) is 0 Å². The molecule has 0 saturated carbocycles. The third-order valence-electron chi connectivity index (χ3n) is 2.70. The van der Waals surface area contributed by atoms with E-state index in [4.69, 9.17) is 4.42 Å². The maximum atomic E-state index is 11.9. The molecule has 0 aliphatic rings. The second kappa shape index (κ2) is 7.19. The number of hydrogen-bond acceptors (Lipinski definition) is 4. The van der Waals surface area contributed by atoms with Crippen molar-refractivity contribution < 1.29 is 9.21 Å². The first-order valence-corrected chi connectivity index (χ1v) is 7.40. The molecule has 2 heterocycles. The second-order valence-electron chi connectivity index (χ2n) is 4.17. The first-order chi connectivity index (χ1) is 9.31. The number of oxazole rings is 1. The van der Waals surface area contributed by atoms with Crippen molar-refractivity contribution in [2.24, 2.45) is 0 Å². The number of nitrogens with zero attached hydrogens (tertiary/aromatic N) is 2. The number of ketones is 1. The van der Waals surface area contributed by atoms with Crippen molar-refractivity contribution in [1.29, 1.82) is 0 Å². The zero-order chi connectivity index (χ0) is 13.5. The van der Waals surface area contributed by atoms with E-state index in [9.17, 15) is 4.79 Å². The normalized spacial score (nSPS) is 10.6. The van der Waals surface area contributed by atoms with E-state index in [0.29, 0.717) is 17.9 Å². The molecule has 0 saturated heterocycles. The molecule has 2 aromatic heterocycles. The number of rotatable bonds is 7. The summed E-state index contributed by atoms with van der Waals surface area (Å²) in [5.74, 6) is 0.667. The van der Waals surface area contributed by atoms with Crippen molar-refractivity contribution in [3.05, 3.63) is 36.5 Å². The number of hydrogen-bond donors (Lipinski definition) is 0. The van der Waals surface area contributed by atoms with Gasteiger partial charge in [-0.15, -0.1) is 0 Å². The molecule has 0 bridgehead atoms. The molecule has 5 heteroatoms. The molecule has 19 heavy (non-hydrogen) atoms. The van der Waals surface area contributed by atoms with E-state index in [-0.39, 0.29) is 11.7 Å². The molecule has 0 unspecified atom stereocenters. The Kier molecular flexibility index (Phi) is 5.27. The summed E-state index contributed by atoms with van der Waals surface area (Å²) < 4.78 is 5.46. The van der Waals surface area contributed by atoms with Gasteiger partial charge >= 0.3 is 0 Å². The zero-order valence-corrected chi connectivity index (χ0v) is 12.1. The van der Waals surface area contributed by atoms with Gasteiger partial charge < -0.3 is 4.42 Å². The molecular formula is C14H15BrN2O2. The first-order valence-electron chi connectivity index (χ1n) is 6.27. The lowest BCUT2D eigenvalue weighted by Gasteiger charge is -1.96. The largest absolute Gasteiger partial charge is 0.432 e. The highest BCUT2D eigenvalue weighted by atomic mass is 79.9. The highest BCUT2D eigenvalue weighted by molar-refractivity contribution is 9.09. The Morgan fingerprint density at radius 2 is 2.11 bits per heavy atom. The molecule has 0 atom stereocenters. The van der Waals surface area contributed by atoms with Crippen LogP contribution in [-0.2, 0) is 0 Å². The highest BCUT2D eigenvalue weighted by Crippen LogP contribution is 2.18. The number of carbonyl (C=O) groups is 1. The molecule has 0 radical (unpaired) electrons. The molecule has 100 valence electrons. The topological polar surface area (TPSA) is 56.0 Å². The van der Waals surface area contributed by atoms with E-state index in [1.165, 1.54) is 0 Å². The third kappa shape index (κ3) is 3.99. The molecule has 0 fully saturated rings. The Bertz CT molecular complexity index is 525. The van der Waals surface area contributed by atoms with Gasteiger partial charge in [-0.25, -0.2) is 4.98 Å². The lowest BCUT2D eigenvalue weighted by molar-refractivity contribution is 0.0946. The molecule has 0 aliphatic carbocycles. The van der Waals surface area contributed by atoms with Crippen LogP contribution in [0.3, 0.4) is 0 Å². The Hall–Kier alpha value is -1.49. The van der Waals surface area contributed by atoms with Gasteiger partial charge in [0, 0.05) is 17.9 Å². The predicted octanol–water partition coefficient (Wildman–Crippen LogP) is 3.87. The fourth-order valence-corrected chi connectivity index (χ4v) is 2.09. The van der Waals surface area contributed by atoms with Crippen LogP contribution in [0.5, 0.6) is 0 Å². The SMILES string of the molecule is O=C(CCCCCBr)c1ncc(-c2ccccn2)o1. The lowest BCUT2D eigenvalue weighted by Crippen LogP contribution is -1.98. The van der Waals surface area contributed by atoms with Crippen molar-refractivity contribution in [2.75, 3.05) is 5.33 Å². The van der Waals surface area contributed by atoms with E-state index in [0.717, 1.165) is 24.6 Å². The quantitative estimate of drug-likeness (QED) is 0.441. The lowest BCUT2D eigenvalue weighted by atomic mass is 10.1. The van der Waals surface area contributed by atoms with Crippen LogP contribution in [0.15, 0.2) is 35.0 Å². The molecule has 0 spiro atoms. The van der Waals surface area contributed by atoms with Crippen molar-refractivity contribution in [2.45, 2.75) is 25.7 Å². The van der Waals surface area contributed by atoms with Gasteiger partial charge in [-0.2, -0.15) is 0 Å². The number of pyridine rings is 1. The third-order valence-corrected chi connectivity index (χ3v) is 3.26. The summed E-state index contributed by atoms with van der Waals surface area (Å²) >= 11 is 3.37. The molecule has 0 N–H and O–H groups in total. The van der Waals surface area contributed by atoms with Crippen LogP contribution in [0.2, 0.25) is 0 Å². The molecule has 0 amide bonds. The molecule has 0 aliphatic heterocycles. The Morgan fingerprint density at radius 3 is 2.84 bits per heavy atom. The van der Waals surface area contributed by atoms with Gasteiger partial charge in [-0.05, 0) is 25.0 Å². The van der Waals surface area contributed by atoms with E-state index >= 15 is 0 Å². The number of aromatic nitrogens is 2. The van der Waals surface area contributed by atoms with Gasteiger partial charge in [0.1, 0.15) is 5.69 Å². The van der Waals surface area contributed by atoms with Crippen molar-refractivity contribution in [1.82, 2.24) is 9.97 Å². The summed E-state index contributed by atoms with van der Waals surface area (Å²) in [6.45, 7) is 0. The smallest absolute Gasteiger partial charge is 0.263 e. The summed E-state index contributed by atoms with van der Waals surface area (Å²) in [6, 6.07) is 5.52. The van der Waals surface area contributed by atoms with Crippen molar-refractivity contribution >= 4 is 21.7 Å². The maximum Gasteiger partial charge on any atom is 0.263 e. The van der Waals surface area contributed by atoms with Gasteiger partial charge in [0.25, 0.3) is 5.89 Å². The second-order valence-corrected chi connectivity index (χ2v) is 4.96. The number of Topliss-reactive ketones (excluding diaryl/α,β-unsaturated/α-hetero) is 1. The first kappa shape index (κ1) is 13.9. The summed E-state index contributed by atoms with van der Waals surface area (Å²) in [4.78, 5) is 20.0. The van der Waals surface area contributed by atoms with Gasteiger partial charge in [-0.1, -0.05) is 28.4 Å². The summed E-state index contributed by atoms with van der Waals surface area (Å²) in [7, 11) is 0. The molecule has 2 aromatic rings. The van der Waals surface area contributed by atoms with E-state index < -0.39 is 0 Å². The summed E-state index contributed by atoms with van der Waals surface area (Å²) in [5.41, 5.74) is 0.688. The van der Waals surface area contributed by atoms with Crippen LogP contribution < -0.4 is 0 Å². The zero-order valence-electron chi connectivity index (χ0n) is 10.5. The number of alkyl halides is 1. The van der Waals surface area contributed by atoms with Crippen LogP contribution >= 0.6 is 15.9 Å². The van der Waals surface area contributed by atoms with E-state index in [1.54, 1.807) is 12.4 Å². The minimum atomic E-state index is -0.0447. The minimum absolute atomic E-state index is 0.0447. The number of unbranched alkanes of at least 4 members (excludes halogenated alkanes) is 2. The van der Waals surface area contributed by atoms with Gasteiger partial charge in [0.15, 0.2) is 5.76 Å². The Morgan fingerprint density at radius 1 is 1.21 bits per heavy atom. The van der Waals surface area contributed by atoms with Crippen molar-refractivity contribution in [3.63, 3.8) is 0 Å². The van der Waals surface area contributed by atoms with E-state index in [2.05, 4.69) is 25.9 Å². The predicted molar refractivity (Wildman–Crippen MR) is 76.3 cm³/mol. The Balaban J connectivity index is 1.95. The highest BCUT2D eigenvalue weighted by Gasteiger charge is 2.14. The fourth-order valence-electron chi connectivity index (χ4n) is 1.69.